The standard InChI is InChI=1S/C14H18ClN3O2/c1-9(19)17-11-4-6-18(7-5-11)14(20)12-3-2-10(15)8-13(12)16/h2-3,8,11H,4-7,16H2,1H3,(H,17,19). The number of carbonyl (C=O) groups excluding carboxylic acids is 2. The number of likely N-dealkylation sites (tertiary alicyclic amines) is 1. The Morgan fingerprint density at radius 2 is 2.00 bits per heavy atom. The molecule has 1 aromatic rings. The van der Waals surface area contributed by atoms with Crippen LogP contribution in [0.25, 0.3) is 0 Å². The van der Waals surface area contributed by atoms with Gasteiger partial charge in [-0.05, 0) is 31.0 Å². The third-order valence-corrected chi connectivity index (χ3v) is 3.67. The molecule has 2 amide bonds. The zero-order valence-corrected chi connectivity index (χ0v) is 12.1. The number of rotatable bonds is 2. The minimum atomic E-state index is -0.0829. The van der Waals surface area contributed by atoms with E-state index in [4.69, 9.17) is 17.3 Å². The van der Waals surface area contributed by atoms with Crippen molar-refractivity contribution in [3.8, 4) is 0 Å². The van der Waals surface area contributed by atoms with E-state index in [0.29, 0.717) is 29.4 Å². The van der Waals surface area contributed by atoms with Gasteiger partial charge in [0.1, 0.15) is 0 Å². The maximum Gasteiger partial charge on any atom is 0.255 e. The van der Waals surface area contributed by atoms with Gasteiger partial charge in [-0.15, -0.1) is 0 Å². The lowest BCUT2D eigenvalue weighted by Gasteiger charge is -2.32. The number of amides is 2. The Morgan fingerprint density at radius 3 is 2.55 bits per heavy atom. The van der Waals surface area contributed by atoms with Crippen molar-refractivity contribution < 1.29 is 9.59 Å². The number of hydrogen-bond acceptors (Lipinski definition) is 3. The van der Waals surface area contributed by atoms with Gasteiger partial charge in [-0.2, -0.15) is 0 Å². The van der Waals surface area contributed by atoms with Crippen molar-refractivity contribution in [3.63, 3.8) is 0 Å². The second-order valence-corrected chi connectivity index (χ2v) is 5.44. The molecule has 1 aliphatic rings. The van der Waals surface area contributed by atoms with Crippen LogP contribution in [-0.2, 0) is 4.79 Å². The molecule has 0 spiro atoms. The summed E-state index contributed by atoms with van der Waals surface area (Å²) in [6.45, 7) is 2.74. The predicted octanol–water partition coefficient (Wildman–Crippen LogP) is 1.66. The van der Waals surface area contributed by atoms with Gasteiger partial charge in [0.15, 0.2) is 0 Å². The van der Waals surface area contributed by atoms with Crippen LogP contribution in [-0.4, -0.2) is 35.8 Å². The van der Waals surface area contributed by atoms with E-state index >= 15 is 0 Å². The summed E-state index contributed by atoms with van der Waals surface area (Å²) in [5.41, 5.74) is 6.71. The minimum Gasteiger partial charge on any atom is -0.398 e. The van der Waals surface area contributed by atoms with Crippen molar-refractivity contribution in [2.45, 2.75) is 25.8 Å². The molecule has 108 valence electrons. The van der Waals surface area contributed by atoms with Gasteiger partial charge in [0.25, 0.3) is 5.91 Å². The number of nitrogens with one attached hydrogen (secondary N) is 1. The van der Waals surface area contributed by atoms with E-state index in [-0.39, 0.29) is 17.9 Å². The van der Waals surface area contributed by atoms with Gasteiger partial charge in [-0.25, -0.2) is 0 Å². The quantitative estimate of drug-likeness (QED) is 0.815. The molecule has 1 aromatic carbocycles. The fraction of sp³-hybridized carbons (Fsp3) is 0.429. The summed E-state index contributed by atoms with van der Waals surface area (Å²) in [6, 6.07) is 5.05. The summed E-state index contributed by atoms with van der Waals surface area (Å²) in [4.78, 5) is 25.1. The SMILES string of the molecule is CC(=O)NC1CCN(C(=O)c2ccc(Cl)cc2N)CC1. The molecule has 5 nitrogen and oxygen atoms in total. The van der Waals surface area contributed by atoms with Gasteiger partial charge in [0.05, 0.1) is 5.56 Å². The van der Waals surface area contributed by atoms with Crippen molar-refractivity contribution in [1.29, 1.82) is 0 Å². The van der Waals surface area contributed by atoms with Gasteiger partial charge >= 0.3 is 0 Å². The van der Waals surface area contributed by atoms with Crippen LogP contribution < -0.4 is 11.1 Å². The zero-order valence-electron chi connectivity index (χ0n) is 11.4. The summed E-state index contributed by atoms with van der Waals surface area (Å²) in [6.07, 6.45) is 1.53. The van der Waals surface area contributed by atoms with Crippen LogP contribution in [0.5, 0.6) is 0 Å². The first-order valence-corrected chi connectivity index (χ1v) is 6.96. The predicted molar refractivity (Wildman–Crippen MR) is 78.6 cm³/mol. The summed E-state index contributed by atoms with van der Waals surface area (Å²) in [7, 11) is 0. The van der Waals surface area contributed by atoms with Crippen molar-refractivity contribution >= 4 is 29.1 Å². The molecule has 1 fully saturated rings. The van der Waals surface area contributed by atoms with Gasteiger partial charge < -0.3 is 16.0 Å². The van der Waals surface area contributed by atoms with Gasteiger partial charge in [0, 0.05) is 36.8 Å². The number of halogens is 1. The van der Waals surface area contributed by atoms with E-state index in [2.05, 4.69) is 5.32 Å². The summed E-state index contributed by atoms with van der Waals surface area (Å²) < 4.78 is 0. The highest BCUT2D eigenvalue weighted by Crippen LogP contribution is 2.21. The maximum atomic E-state index is 12.4. The molecule has 0 bridgehead atoms. The molecule has 0 aromatic heterocycles. The third-order valence-electron chi connectivity index (χ3n) is 3.43. The molecule has 1 aliphatic heterocycles. The van der Waals surface area contributed by atoms with Crippen LogP contribution in [0.4, 0.5) is 5.69 Å². The number of piperidine rings is 1. The molecular formula is C14H18ClN3O2. The van der Waals surface area contributed by atoms with E-state index in [9.17, 15) is 9.59 Å². The molecule has 1 saturated heterocycles. The number of benzene rings is 1. The number of anilines is 1. The van der Waals surface area contributed by atoms with E-state index in [1.807, 2.05) is 0 Å². The number of carbonyl (C=O) groups is 2. The average molecular weight is 296 g/mol. The van der Waals surface area contributed by atoms with Gasteiger partial charge in [0.2, 0.25) is 5.91 Å². The van der Waals surface area contributed by atoms with Crippen LogP contribution in [0.15, 0.2) is 18.2 Å². The largest absolute Gasteiger partial charge is 0.398 e. The number of nitrogen functional groups attached to an aromatic ring is 1. The Morgan fingerprint density at radius 1 is 1.35 bits per heavy atom. The van der Waals surface area contributed by atoms with Crippen molar-refractivity contribution in [2.75, 3.05) is 18.8 Å². The van der Waals surface area contributed by atoms with E-state index in [1.54, 1.807) is 23.1 Å². The molecule has 1 heterocycles. The second-order valence-electron chi connectivity index (χ2n) is 5.00. The molecule has 2 rings (SSSR count). The van der Waals surface area contributed by atoms with E-state index < -0.39 is 0 Å². The fourth-order valence-electron chi connectivity index (χ4n) is 2.41. The smallest absolute Gasteiger partial charge is 0.255 e. The molecule has 3 N–H and O–H groups in total. The normalized spacial score (nSPS) is 16.0. The Hall–Kier alpha value is -1.75. The topological polar surface area (TPSA) is 75.4 Å². The number of nitrogens with two attached hydrogens (primary N) is 1. The lowest BCUT2D eigenvalue weighted by Crippen LogP contribution is -2.46. The molecule has 0 saturated carbocycles. The maximum absolute atomic E-state index is 12.4. The molecular weight excluding hydrogens is 278 g/mol. The average Bonchev–Trinajstić information content (AvgIpc) is 2.38. The van der Waals surface area contributed by atoms with Crippen LogP contribution in [0.1, 0.15) is 30.1 Å². The molecule has 20 heavy (non-hydrogen) atoms. The highest BCUT2D eigenvalue weighted by Gasteiger charge is 2.24. The number of nitrogens with zero attached hydrogens (tertiary/aromatic N) is 1. The lowest BCUT2D eigenvalue weighted by molar-refractivity contribution is -0.119. The number of hydrogen-bond donors (Lipinski definition) is 2. The Labute approximate surface area is 123 Å². The summed E-state index contributed by atoms with van der Waals surface area (Å²) >= 11 is 5.83. The molecule has 6 heteroatoms. The van der Waals surface area contributed by atoms with Crippen LogP contribution in [0.2, 0.25) is 5.02 Å². The third kappa shape index (κ3) is 3.42. The Bertz CT molecular complexity index is 525. The Balaban J connectivity index is 1.99. The van der Waals surface area contributed by atoms with Crippen LogP contribution >= 0.6 is 11.6 Å². The fourth-order valence-corrected chi connectivity index (χ4v) is 2.59. The zero-order chi connectivity index (χ0) is 14.7. The van der Waals surface area contributed by atoms with E-state index in [1.165, 1.54) is 6.92 Å². The van der Waals surface area contributed by atoms with Crippen molar-refractivity contribution in [1.82, 2.24) is 10.2 Å². The highest BCUT2D eigenvalue weighted by molar-refractivity contribution is 6.31. The van der Waals surface area contributed by atoms with Crippen molar-refractivity contribution in [3.05, 3.63) is 28.8 Å². The monoisotopic (exact) mass is 295 g/mol. The Kier molecular flexibility index (Phi) is 4.49. The van der Waals surface area contributed by atoms with Gasteiger partial charge in [-0.3, -0.25) is 9.59 Å². The molecule has 0 atom stereocenters. The minimum absolute atomic E-state index is 0.0308. The summed E-state index contributed by atoms with van der Waals surface area (Å²) in [5.74, 6) is -0.114. The highest BCUT2D eigenvalue weighted by atomic mass is 35.5. The molecule has 0 aliphatic carbocycles. The first-order valence-electron chi connectivity index (χ1n) is 6.59. The first-order chi connectivity index (χ1) is 9.47. The van der Waals surface area contributed by atoms with Crippen LogP contribution in [0, 0.1) is 0 Å². The van der Waals surface area contributed by atoms with Crippen molar-refractivity contribution in [2.24, 2.45) is 0 Å². The molecule has 0 unspecified atom stereocenters. The summed E-state index contributed by atoms with van der Waals surface area (Å²) in [5, 5.41) is 3.40. The first kappa shape index (κ1) is 14.7. The van der Waals surface area contributed by atoms with Crippen LogP contribution in [0.3, 0.4) is 0 Å². The molecule has 0 radical (unpaired) electrons. The van der Waals surface area contributed by atoms with Gasteiger partial charge in [-0.1, -0.05) is 11.6 Å². The second kappa shape index (κ2) is 6.13. The lowest BCUT2D eigenvalue weighted by atomic mass is 10.0. The van der Waals surface area contributed by atoms with E-state index in [0.717, 1.165) is 12.8 Å².